The predicted molar refractivity (Wildman–Crippen MR) is 125 cm³/mol. The van der Waals surface area contributed by atoms with E-state index in [1.807, 2.05) is 0 Å². The van der Waals surface area contributed by atoms with E-state index in [0.29, 0.717) is 6.42 Å². The molecule has 0 bridgehead atoms. The topological polar surface area (TPSA) is 74.6 Å². The van der Waals surface area contributed by atoms with Crippen LogP contribution in [0.5, 0.6) is 0 Å². The molecule has 0 aliphatic heterocycles. The Bertz CT molecular complexity index is 436. The predicted octanol–water partition coefficient (Wildman–Crippen LogP) is 7.45. The van der Waals surface area contributed by atoms with E-state index < -0.39 is 15.4 Å². The number of aliphatic hydroxyl groups is 1. The summed E-state index contributed by atoms with van der Waals surface area (Å²) >= 11 is 0. The maximum absolute atomic E-state index is 10.9. The molecule has 5 heteroatoms. The van der Waals surface area contributed by atoms with Crippen molar-refractivity contribution in [3.63, 3.8) is 0 Å². The maximum atomic E-state index is 10.9. The summed E-state index contributed by atoms with van der Waals surface area (Å²) in [6, 6.07) is 0. The van der Waals surface area contributed by atoms with Crippen molar-refractivity contribution in [2.45, 2.75) is 154 Å². The quantitative estimate of drug-likeness (QED) is 0.137. The van der Waals surface area contributed by atoms with Crippen LogP contribution in [0, 0.1) is 0 Å². The molecule has 0 spiro atoms. The van der Waals surface area contributed by atoms with Crippen LogP contribution >= 0.6 is 0 Å². The first kappa shape index (κ1) is 28.9. The molecule has 0 aliphatic rings. The minimum atomic E-state index is -3.88. The highest BCUT2D eigenvalue weighted by Gasteiger charge is 2.16. The first-order valence-corrected chi connectivity index (χ1v) is 14.0. The van der Waals surface area contributed by atoms with Gasteiger partial charge in [0.15, 0.2) is 0 Å². The lowest BCUT2D eigenvalue weighted by Gasteiger charge is -2.11. The highest BCUT2D eigenvalue weighted by molar-refractivity contribution is 7.86. The Morgan fingerprint density at radius 2 is 0.897 bits per heavy atom. The number of hydrogen-bond donors (Lipinski definition) is 2. The fourth-order valence-corrected chi connectivity index (χ4v) is 4.32. The second-order valence-corrected chi connectivity index (χ2v) is 10.8. The van der Waals surface area contributed by atoms with Crippen LogP contribution in [0.4, 0.5) is 0 Å². The summed E-state index contributed by atoms with van der Waals surface area (Å²) in [5.41, 5.74) is 0. The summed E-state index contributed by atoms with van der Waals surface area (Å²) in [5.74, 6) is 0. The van der Waals surface area contributed by atoms with Gasteiger partial charge in [0, 0.05) is 0 Å². The average molecular weight is 435 g/mol. The molecular formula is C24H50O4S. The van der Waals surface area contributed by atoms with Gasteiger partial charge in [-0.15, -0.1) is 0 Å². The van der Waals surface area contributed by atoms with Crippen molar-refractivity contribution in [1.82, 2.24) is 0 Å². The summed E-state index contributed by atoms with van der Waals surface area (Å²) in [6.45, 7) is 3.82. The first-order valence-electron chi connectivity index (χ1n) is 12.5. The molecule has 2 atom stereocenters. The fraction of sp³-hybridized carbons (Fsp3) is 1.00. The van der Waals surface area contributed by atoms with E-state index in [1.54, 1.807) is 6.92 Å². The van der Waals surface area contributed by atoms with E-state index in [9.17, 15) is 13.5 Å². The van der Waals surface area contributed by atoms with Gasteiger partial charge in [0.2, 0.25) is 0 Å². The van der Waals surface area contributed by atoms with Gasteiger partial charge in [-0.3, -0.25) is 4.55 Å². The van der Waals surface area contributed by atoms with E-state index >= 15 is 0 Å². The normalized spacial score (nSPS) is 14.2. The maximum Gasteiger partial charge on any atom is 0.267 e. The Kier molecular flexibility index (Phi) is 19.7. The van der Waals surface area contributed by atoms with Gasteiger partial charge in [-0.2, -0.15) is 8.42 Å². The SMILES string of the molecule is CCCCCCCCCCCCCCCC(O)CCCCCCC(C)S(=O)(=O)O. The minimum Gasteiger partial charge on any atom is -0.393 e. The summed E-state index contributed by atoms with van der Waals surface area (Å²) in [4.78, 5) is 0. The Hall–Kier alpha value is -0.130. The molecule has 176 valence electrons. The van der Waals surface area contributed by atoms with Gasteiger partial charge in [0.1, 0.15) is 0 Å². The fourth-order valence-electron chi connectivity index (χ4n) is 3.86. The monoisotopic (exact) mass is 434 g/mol. The third kappa shape index (κ3) is 20.9. The molecule has 0 heterocycles. The minimum absolute atomic E-state index is 0.181. The van der Waals surface area contributed by atoms with Crippen molar-refractivity contribution in [2.75, 3.05) is 0 Å². The van der Waals surface area contributed by atoms with Gasteiger partial charge >= 0.3 is 0 Å². The van der Waals surface area contributed by atoms with Crippen molar-refractivity contribution in [3.05, 3.63) is 0 Å². The summed E-state index contributed by atoms with van der Waals surface area (Å²) in [7, 11) is -3.88. The van der Waals surface area contributed by atoms with Crippen LogP contribution in [0.2, 0.25) is 0 Å². The van der Waals surface area contributed by atoms with Crippen molar-refractivity contribution in [3.8, 4) is 0 Å². The third-order valence-corrected chi connectivity index (χ3v) is 7.30. The Morgan fingerprint density at radius 3 is 1.24 bits per heavy atom. The molecular weight excluding hydrogens is 384 g/mol. The highest BCUT2D eigenvalue weighted by Crippen LogP contribution is 2.16. The summed E-state index contributed by atoms with van der Waals surface area (Å²) in [5, 5.41) is 9.40. The first-order chi connectivity index (χ1) is 13.9. The lowest BCUT2D eigenvalue weighted by molar-refractivity contribution is 0.147. The summed E-state index contributed by atoms with van der Waals surface area (Å²) in [6.07, 6.45) is 23.5. The van der Waals surface area contributed by atoms with Crippen molar-refractivity contribution in [2.24, 2.45) is 0 Å². The van der Waals surface area contributed by atoms with E-state index in [0.717, 1.165) is 44.9 Å². The largest absolute Gasteiger partial charge is 0.393 e. The second-order valence-electron chi connectivity index (χ2n) is 9.00. The third-order valence-electron chi connectivity index (χ3n) is 6.05. The Balaban J connectivity index is 3.27. The van der Waals surface area contributed by atoms with E-state index in [2.05, 4.69) is 6.92 Å². The van der Waals surface area contributed by atoms with Gasteiger partial charge in [-0.1, -0.05) is 116 Å². The van der Waals surface area contributed by atoms with Crippen LogP contribution < -0.4 is 0 Å². The van der Waals surface area contributed by atoms with E-state index in [-0.39, 0.29) is 6.10 Å². The molecule has 0 amide bonds. The zero-order valence-electron chi connectivity index (χ0n) is 19.4. The highest BCUT2D eigenvalue weighted by atomic mass is 32.2. The van der Waals surface area contributed by atoms with Gasteiger partial charge in [0.05, 0.1) is 11.4 Å². The Labute approximate surface area is 182 Å². The van der Waals surface area contributed by atoms with E-state index in [4.69, 9.17) is 4.55 Å². The number of rotatable bonds is 22. The standard InChI is InChI=1S/C24H50O4S/c1-3-4-5-6-7-8-9-10-11-12-13-14-18-21-24(25)22-19-16-15-17-20-23(2)29(26,27)28/h23-25H,3-22H2,1-2H3,(H,26,27,28). The lowest BCUT2D eigenvalue weighted by Crippen LogP contribution is -2.16. The van der Waals surface area contributed by atoms with Crippen molar-refractivity contribution < 1.29 is 18.1 Å². The van der Waals surface area contributed by atoms with Crippen molar-refractivity contribution >= 4 is 10.1 Å². The zero-order chi connectivity index (χ0) is 21.8. The lowest BCUT2D eigenvalue weighted by atomic mass is 10.0. The van der Waals surface area contributed by atoms with Crippen LogP contribution in [0.25, 0.3) is 0 Å². The van der Waals surface area contributed by atoms with Crippen molar-refractivity contribution in [1.29, 1.82) is 0 Å². The van der Waals surface area contributed by atoms with Gasteiger partial charge in [-0.25, -0.2) is 0 Å². The van der Waals surface area contributed by atoms with Gasteiger partial charge in [-0.05, 0) is 26.2 Å². The number of hydrogen-bond acceptors (Lipinski definition) is 3. The van der Waals surface area contributed by atoms with Crippen LogP contribution in [0.1, 0.15) is 142 Å². The van der Waals surface area contributed by atoms with Crippen LogP contribution in [0.3, 0.4) is 0 Å². The summed E-state index contributed by atoms with van der Waals surface area (Å²) < 4.78 is 30.8. The van der Waals surface area contributed by atoms with Crippen LogP contribution in [-0.2, 0) is 10.1 Å². The van der Waals surface area contributed by atoms with Crippen LogP contribution in [0.15, 0.2) is 0 Å². The molecule has 0 rings (SSSR count). The molecule has 0 fully saturated rings. The molecule has 0 aromatic rings. The molecule has 0 saturated carbocycles. The molecule has 0 saturated heterocycles. The van der Waals surface area contributed by atoms with E-state index in [1.165, 1.54) is 77.0 Å². The van der Waals surface area contributed by atoms with Crippen LogP contribution in [-0.4, -0.2) is 29.4 Å². The smallest absolute Gasteiger partial charge is 0.267 e. The molecule has 4 nitrogen and oxygen atoms in total. The molecule has 0 aromatic heterocycles. The molecule has 29 heavy (non-hydrogen) atoms. The van der Waals surface area contributed by atoms with Gasteiger partial charge < -0.3 is 5.11 Å². The molecule has 2 N–H and O–H groups in total. The molecule has 0 radical (unpaired) electrons. The average Bonchev–Trinajstić information content (AvgIpc) is 2.67. The molecule has 0 aromatic carbocycles. The van der Waals surface area contributed by atoms with Gasteiger partial charge in [0.25, 0.3) is 10.1 Å². The number of unbranched alkanes of at least 4 members (excludes halogenated alkanes) is 15. The zero-order valence-corrected chi connectivity index (χ0v) is 20.2. The Morgan fingerprint density at radius 1 is 0.586 bits per heavy atom. The molecule has 2 unspecified atom stereocenters. The second kappa shape index (κ2) is 19.8. The number of aliphatic hydroxyl groups excluding tert-OH is 1. The molecule has 0 aliphatic carbocycles.